The van der Waals surface area contributed by atoms with E-state index < -0.39 is 0 Å². The highest BCUT2D eigenvalue weighted by Crippen LogP contribution is 2.34. The third-order valence-electron chi connectivity index (χ3n) is 6.43. The van der Waals surface area contributed by atoms with Gasteiger partial charge in [-0.25, -0.2) is 0 Å². The van der Waals surface area contributed by atoms with Crippen LogP contribution in [0.2, 0.25) is 5.02 Å². The molecule has 4 aromatic rings. The molecule has 33 heavy (non-hydrogen) atoms. The van der Waals surface area contributed by atoms with Gasteiger partial charge in [0.2, 0.25) is 0 Å². The van der Waals surface area contributed by atoms with E-state index >= 15 is 0 Å². The number of fused-ring (bicyclic) bond motifs is 1. The van der Waals surface area contributed by atoms with Gasteiger partial charge in [-0.15, -0.1) is 0 Å². The van der Waals surface area contributed by atoms with Crippen LogP contribution in [-0.4, -0.2) is 17.1 Å². The lowest BCUT2D eigenvalue weighted by molar-refractivity contribution is 0.374. The quantitative estimate of drug-likeness (QED) is 0.340. The predicted molar refractivity (Wildman–Crippen MR) is 136 cm³/mol. The van der Waals surface area contributed by atoms with Crippen molar-refractivity contribution in [3.63, 3.8) is 0 Å². The van der Waals surface area contributed by atoms with Crippen molar-refractivity contribution in [1.82, 2.24) is 4.98 Å². The van der Waals surface area contributed by atoms with Gasteiger partial charge in [0.05, 0.1) is 5.52 Å². The van der Waals surface area contributed by atoms with Crippen molar-refractivity contribution in [1.29, 1.82) is 0 Å². The number of ether oxygens (including phenoxy) is 1. The highest BCUT2D eigenvalue weighted by atomic mass is 35.5. The monoisotopic (exact) mass is 457 g/mol. The Bertz CT molecular complexity index is 1200. The first-order valence-corrected chi connectivity index (χ1v) is 11.9. The summed E-state index contributed by atoms with van der Waals surface area (Å²) in [6.07, 6.45) is 6.17. The van der Waals surface area contributed by atoms with Gasteiger partial charge in [0.15, 0.2) is 0 Å². The molecule has 0 saturated heterocycles. The van der Waals surface area contributed by atoms with Crippen LogP contribution in [0.5, 0.6) is 11.5 Å². The van der Waals surface area contributed by atoms with Crippen molar-refractivity contribution in [3.8, 4) is 11.5 Å². The molecule has 0 unspecified atom stereocenters. The number of nitrogens with zero attached hydrogens (tertiary/aromatic N) is 2. The number of pyridine rings is 1. The second-order valence-electron chi connectivity index (χ2n) is 8.75. The molecular weight excluding hydrogens is 430 g/mol. The molecule has 0 aliphatic heterocycles. The topological polar surface area (TPSA) is 51.4 Å². The first kappa shape index (κ1) is 21.7. The highest BCUT2D eigenvalue weighted by Gasteiger charge is 2.26. The fraction of sp³-hybridized carbons (Fsp3) is 0.250. The Kier molecular flexibility index (Phi) is 6.47. The van der Waals surface area contributed by atoms with Crippen LogP contribution in [0.3, 0.4) is 0 Å². The first-order chi connectivity index (χ1) is 16.2. The number of hydrogen-bond donors (Lipinski definition) is 1. The zero-order valence-corrected chi connectivity index (χ0v) is 19.3. The van der Waals surface area contributed by atoms with Crippen LogP contribution in [0.4, 0.5) is 5.69 Å². The minimum Gasteiger partial charge on any atom is -0.457 e. The van der Waals surface area contributed by atoms with Crippen molar-refractivity contribution < 1.29 is 4.74 Å². The lowest BCUT2D eigenvalue weighted by Gasteiger charge is -2.38. The highest BCUT2D eigenvalue weighted by molar-refractivity contribution is 6.31. The molecule has 1 aliphatic rings. The largest absolute Gasteiger partial charge is 0.457 e. The number of rotatable bonds is 6. The summed E-state index contributed by atoms with van der Waals surface area (Å²) >= 11 is 6.24. The molecule has 0 atom stereocenters. The first-order valence-electron chi connectivity index (χ1n) is 11.5. The number of anilines is 1. The molecule has 1 saturated carbocycles. The van der Waals surface area contributed by atoms with E-state index in [1.165, 1.54) is 11.3 Å². The van der Waals surface area contributed by atoms with Gasteiger partial charge in [-0.3, -0.25) is 4.98 Å². The van der Waals surface area contributed by atoms with E-state index in [9.17, 15) is 0 Å². The zero-order chi connectivity index (χ0) is 22.6. The third-order valence-corrected chi connectivity index (χ3v) is 6.66. The molecule has 0 amide bonds. The van der Waals surface area contributed by atoms with Gasteiger partial charge >= 0.3 is 0 Å². The summed E-state index contributed by atoms with van der Waals surface area (Å²) < 4.78 is 5.97. The molecule has 168 valence electrons. The van der Waals surface area contributed by atoms with E-state index in [0.29, 0.717) is 17.1 Å². The van der Waals surface area contributed by atoms with Crippen LogP contribution < -0.4 is 15.4 Å². The summed E-state index contributed by atoms with van der Waals surface area (Å²) in [6, 6.07) is 27.1. The molecule has 0 spiro atoms. The molecule has 0 radical (unpaired) electrons. The normalized spacial score (nSPS) is 18.2. The molecule has 5 heteroatoms. The van der Waals surface area contributed by atoms with Gasteiger partial charge in [-0.2, -0.15) is 0 Å². The maximum Gasteiger partial charge on any atom is 0.127 e. The van der Waals surface area contributed by atoms with E-state index in [2.05, 4.69) is 34.1 Å². The Balaban J connectivity index is 1.43. The van der Waals surface area contributed by atoms with Crippen LogP contribution in [-0.2, 0) is 6.54 Å². The summed E-state index contributed by atoms with van der Waals surface area (Å²) in [5, 5.41) is 1.83. The van der Waals surface area contributed by atoms with E-state index in [1.54, 1.807) is 0 Å². The molecule has 2 N–H and O–H groups in total. The van der Waals surface area contributed by atoms with E-state index in [-0.39, 0.29) is 0 Å². The maximum atomic E-state index is 6.24. The van der Waals surface area contributed by atoms with Gasteiger partial charge in [0.25, 0.3) is 0 Å². The lowest BCUT2D eigenvalue weighted by Crippen LogP contribution is -2.40. The van der Waals surface area contributed by atoms with Crippen molar-refractivity contribution in [2.75, 3.05) is 4.90 Å². The molecular formula is C28H28ClN3O. The van der Waals surface area contributed by atoms with Crippen molar-refractivity contribution in [2.24, 2.45) is 5.73 Å². The molecule has 5 rings (SSSR count). The van der Waals surface area contributed by atoms with E-state index in [4.69, 9.17) is 22.1 Å². The summed E-state index contributed by atoms with van der Waals surface area (Å²) in [6.45, 7) is 0.813. The predicted octanol–water partition coefficient (Wildman–Crippen LogP) is 6.96. The van der Waals surface area contributed by atoms with Gasteiger partial charge in [-0.1, -0.05) is 41.9 Å². The molecule has 1 aliphatic carbocycles. The average Bonchev–Trinajstić information content (AvgIpc) is 2.84. The molecule has 1 fully saturated rings. The second kappa shape index (κ2) is 9.82. The summed E-state index contributed by atoms with van der Waals surface area (Å²) in [5.74, 6) is 1.68. The number of para-hydroxylation sites is 1. The van der Waals surface area contributed by atoms with E-state index in [0.717, 1.165) is 54.6 Å². The summed E-state index contributed by atoms with van der Waals surface area (Å²) in [7, 11) is 0. The Labute approximate surface area is 200 Å². The van der Waals surface area contributed by atoms with E-state index in [1.807, 2.05) is 60.8 Å². The number of halogens is 1. The average molecular weight is 458 g/mol. The lowest BCUT2D eigenvalue weighted by atomic mass is 9.90. The Morgan fingerprint density at radius 2 is 1.61 bits per heavy atom. The minimum atomic E-state index is 0.311. The maximum absolute atomic E-state index is 6.24. The number of benzene rings is 3. The second-order valence-corrected chi connectivity index (χ2v) is 9.18. The van der Waals surface area contributed by atoms with Gasteiger partial charge in [0, 0.05) is 40.9 Å². The van der Waals surface area contributed by atoms with Crippen LogP contribution >= 0.6 is 11.6 Å². The van der Waals surface area contributed by atoms with Crippen LogP contribution in [0.25, 0.3) is 10.9 Å². The van der Waals surface area contributed by atoms with Crippen LogP contribution in [0.1, 0.15) is 31.2 Å². The third kappa shape index (κ3) is 5.13. The zero-order valence-electron chi connectivity index (χ0n) is 18.5. The Hall–Kier alpha value is -3.08. The number of hydrogen-bond acceptors (Lipinski definition) is 4. The minimum absolute atomic E-state index is 0.311. The van der Waals surface area contributed by atoms with Gasteiger partial charge in [0.1, 0.15) is 11.5 Å². The number of nitrogens with two attached hydrogens (primary N) is 1. The fourth-order valence-electron chi connectivity index (χ4n) is 4.67. The van der Waals surface area contributed by atoms with Gasteiger partial charge < -0.3 is 15.4 Å². The van der Waals surface area contributed by atoms with Crippen molar-refractivity contribution >= 4 is 28.2 Å². The van der Waals surface area contributed by atoms with Crippen LogP contribution in [0, 0.1) is 0 Å². The molecule has 1 aromatic heterocycles. The summed E-state index contributed by atoms with van der Waals surface area (Å²) in [5.41, 5.74) is 9.57. The standard InChI is InChI=1S/C28H28ClN3O/c29-21-8-15-26-27(18-21)31-17-16-28(26)32(23-11-9-22(30)10-12-23)19-20-6-13-25(14-7-20)33-24-4-2-1-3-5-24/h1-8,13-18,22-23H,9-12,19,30H2. The molecule has 3 aromatic carbocycles. The smallest absolute Gasteiger partial charge is 0.127 e. The number of aromatic nitrogens is 1. The fourth-order valence-corrected chi connectivity index (χ4v) is 4.83. The van der Waals surface area contributed by atoms with Gasteiger partial charge in [-0.05, 0) is 79.8 Å². The Morgan fingerprint density at radius 1 is 0.879 bits per heavy atom. The van der Waals surface area contributed by atoms with Crippen molar-refractivity contribution in [3.05, 3.63) is 95.6 Å². The Morgan fingerprint density at radius 3 is 2.36 bits per heavy atom. The SMILES string of the molecule is NC1CCC(N(Cc2ccc(Oc3ccccc3)cc2)c2ccnc3cc(Cl)ccc23)CC1. The molecule has 0 bridgehead atoms. The molecule has 1 heterocycles. The van der Waals surface area contributed by atoms with Crippen molar-refractivity contribution in [2.45, 2.75) is 44.3 Å². The summed E-state index contributed by atoms with van der Waals surface area (Å²) in [4.78, 5) is 7.08. The van der Waals surface area contributed by atoms with Crippen LogP contribution in [0.15, 0.2) is 85.1 Å². The molecule has 4 nitrogen and oxygen atoms in total.